The minimum Gasteiger partial charge on any atom is -0.367 e. The monoisotopic (exact) mass is 366 g/mol. The number of nitrogen functional groups attached to an aromatic ring is 1. The Kier molecular flexibility index (Phi) is 3.69. The second-order valence-corrected chi connectivity index (χ2v) is 5.61. The van der Waals surface area contributed by atoms with Gasteiger partial charge in [-0.3, -0.25) is 0 Å². The third-order valence-corrected chi connectivity index (χ3v) is 4.05. The van der Waals surface area contributed by atoms with Gasteiger partial charge in [0.1, 0.15) is 5.69 Å². The SMILES string of the molecule is Nc1onc(-c2cccc(Cl)c2F)c1-c1ccccc1Br. The highest BCUT2D eigenvalue weighted by atomic mass is 79.9. The van der Waals surface area contributed by atoms with E-state index >= 15 is 0 Å². The van der Waals surface area contributed by atoms with Crippen molar-refractivity contribution >= 4 is 33.4 Å². The average molecular weight is 368 g/mol. The summed E-state index contributed by atoms with van der Waals surface area (Å²) in [6.07, 6.45) is 0. The number of halogens is 3. The molecular weight excluding hydrogens is 359 g/mol. The smallest absolute Gasteiger partial charge is 0.230 e. The van der Waals surface area contributed by atoms with E-state index in [2.05, 4.69) is 21.1 Å². The zero-order chi connectivity index (χ0) is 15.0. The molecule has 0 aliphatic heterocycles. The molecule has 0 fully saturated rings. The molecule has 0 aliphatic rings. The van der Waals surface area contributed by atoms with Gasteiger partial charge in [0.05, 0.1) is 10.6 Å². The van der Waals surface area contributed by atoms with Gasteiger partial charge >= 0.3 is 0 Å². The Morgan fingerprint density at radius 2 is 1.81 bits per heavy atom. The maximum absolute atomic E-state index is 14.2. The van der Waals surface area contributed by atoms with Gasteiger partial charge in [-0.1, -0.05) is 57.0 Å². The molecule has 2 N–H and O–H groups in total. The van der Waals surface area contributed by atoms with Crippen LogP contribution in [-0.4, -0.2) is 5.16 Å². The van der Waals surface area contributed by atoms with Gasteiger partial charge in [0.25, 0.3) is 0 Å². The van der Waals surface area contributed by atoms with E-state index < -0.39 is 5.82 Å². The van der Waals surface area contributed by atoms with Crippen LogP contribution in [-0.2, 0) is 0 Å². The summed E-state index contributed by atoms with van der Waals surface area (Å²) in [5, 5.41) is 3.91. The van der Waals surface area contributed by atoms with Crippen LogP contribution in [0, 0.1) is 5.82 Å². The molecule has 1 heterocycles. The average Bonchev–Trinajstić information content (AvgIpc) is 2.84. The van der Waals surface area contributed by atoms with Crippen LogP contribution >= 0.6 is 27.5 Å². The molecule has 0 unspecified atom stereocenters. The van der Waals surface area contributed by atoms with Crippen molar-refractivity contribution in [3.05, 3.63) is 57.8 Å². The highest BCUT2D eigenvalue weighted by Gasteiger charge is 2.22. The van der Waals surface area contributed by atoms with Crippen LogP contribution in [0.25, 0.3) is 22.4 Å². The van der Waals surface area contributed by atoms with Gasteiger partial charge in [-0.25, -0.2) is 4.39 Å². The van der Waals surface area contributed by atoms with E-state index in [9.17, 15) is 4.39 Å². The summed E-state index contributed by atoms with van der Waals surface area (Å²) < 4.78 is 20.1. The molecule has 0 bridgehead atoms. The first kappa shape index (κ1) is 14.1. The summed E-state index contributed by atoms with van der Waals surface area (Å²) >= 11 is 9.27. The Labute approximate surface area is 133 Å². The van der Waals surface area contributed by atoms with Crippen LogP contribution in [0.4, 0.5) is 10.3 Å². The van der Waals surface area contributed by atoms with Gasteiger partial charge in [0, 0.05) is 15.6 Å². The summed E-state index contributed by atoms with van der Waals surface area (Å²) in [5.74, 6) is -0.433. The van der Waals surface area contributed by atoms with Gasteiger partial charge in [0.2, 0.25) is 5.88 Å². The summed E-state index contributed by atoms with van der Waals surface area (Å²) in [4.78, 5) is 0. The lowest BCUT2D eigenvalue weighted by molar-refractivity contribution is 0.439. The molecule has 0 saturated heterocycles. The largest absolute Gasteiger partial charge is 0.367 e. The van der Waals surface area contributed by atoms with Gasteiger partial charge in [-0.05, 0) is 18.2 Å². The number of hydrogen-bond acceptors (Lipinski definition) is 3. The van der Waals surface area contributed by atoms with Gasteiger partial charge < -0.3 is 10.3 Å². The van der Waals surface area contributed by atoms with E-state index in [1.54, 1.807) is 12.1 Å². The maximum Gasteiger partial charge on any atom is 0.230 e. The third-order valence-electron chi connectivity index (χ3n) is 3.07. The first-order valence-corrected chi connectivity index (χ1v) is 7.21. The van der Waals surface area contributed by atoms with Crippen molar-refractivity contribution in [2.24, 2.45) is 0 Å². The highest BCUT2D eigenvalue weighted by Crippen LogP contribution is 2.41. The molecule has 6 heteroatoms. The molecule has 0 atom stereocenters. The molecule has 0 aliphatic carbocycles. The van der Waals surface area contributed by atoms with Crippen molar-refractivity contribution in [2.45, 2.75) is 0 Å². The van der Waals surface area contributed by atoms with E-state index in [0.717, 1.165) is 10.0 Å². The Balaban J connectivity index is 2.28. The lowest BCUT2D eigenvalue weighted by Gasteiger charge is -2.06. The molecule has 2 aromatic carbocycles. The standard InChI is InChI=1S/C15H9BrClFN2O/c16-10-6-2-1-4-8(10)12-14(20-21-15(12)19)9-5-3-7-11(17)13(9)18/h1-7H,19H2. The molecule has 21 heavy (non-hydrogen) atoms. The highest BCUT2D eigenvalue weighted by molar-refractivity contribution is 9.10. The fraction of sp³-hybridized carbons (Fsp3) is 0. The van der Waals surface area contributed by atoms with Gasteiger partial charge in [0.15, 0.2) is 5.82 Å². The van der Waals surface area contributed by atoms with E-state index in [1.807, 2.05) is 24.3 Å². The summed E-state index contributed by atoms with van der Waals surface area (Å²) in [7, 11) is 0. The Bertz CT molecular complexity index is 819. The molecule has 0 spiro atoms. The topological polar surface area (TPSA) is 52.0 Å². The van der Waals surface area contributed by atoms with Crippen LogP contribution in [0.2, 0.25) is 5.02 Å². The van der Waals surface area contributed by atoms with Crippen molar-refractivity contribution in [2.75, 3.05) is 5.73 Å². The summed E-state index contributed by atoms with van der Waals surface area (Å²) in [5.41, 5.74) is 7.73. The first-order valence-electron chi connectivity index (χ1n) is 6.04. The minimum absolute atomic E-state index is 0.0205. The van der Waals surface area contributed by atoms with Crippen LogP contribution in [0.1, 0.15) is 0 Å². The Morgan fingerprint density at radius 1 is 1.10 bits per heavy atom. The molecule has 0 saturated carbocycles. The van der Waals surface area contributed by atoms with Crippen LogP contribution < -0.4 is 5.73 Å². The van der Waals surface area contributed by atoms with Crippen LogP contribution in [0.15, 0.2) is 51.5 Å². The quantitative estimate of drug-likeness (QED) is 0.682. The van der Waals surface area contributed by atoms with Gasteiger partial charge in [-0.2, -0.15) is 0 Å². The molecule has 0 amide bonds. The number of hydrogen-bond donors (Lipinski definition) is 1. The van der Waals surface area contributed by atoms with Crippen molar-refractivity contribution in [1.29, 1.82) is 0 Å². The van der Waals surface area contributed by atoms with E-state index in [1.165, 1.54) is 6.07 Å². The van der Waals surface area contributed by atoms with Crippen molar-refractivity contribution < 1.29 is 8.91 Å². The maximum atomic E-state index is 14.2. The molecule has 3 rings (SSSR count). The van der Waals surface area contributed by atoms with E-state index in [-0.39, 0.29) is 16.5 Å². The lowest BCUT2D eigenvalue weighted by atomic mass is 10.0. The number of benzene rings is 2. The first-order chi connectivity index (χ1) is 10.1. The fourth-order valence-corrected chi connectivity index (χ4v) is 2.76. The van der Waals surface area contributed by atoms with Gasteiger partial charge in [-0.15, -0.1) is 0 Å². The zero-order valence-corrected chi connectivity index (χ0v) is 13.0. The predicted molar refractivity (Wildman–Crippen MR) is 84.5 cm³/mol. The molecule has 3 nitrogen and oxygen atoms in total. The van der Waals surface area contributed by atoms with Crippen molar-refractivity contribution in [3.8, 4) is 22.4 Å². The molecule has 0 radical (unpaired) electrons. The molecule has 3 aromatic rings. The number of aromatic nitrogens is 1. The third kappa shape index (κ3) is 2.43. The summed E-state index contributed by atoms with van der Waals surface area (Å²) in [6, 6.07) is 12.1. The number of rotatable bonds is 2. The van der Waals surface area contributed by atoms with Crippen LogP contribution in [0.5, 0.6) is 0 Å². The normalized spacial score (nSPS) is 10.8. The molecule has 106 valence electrons. The number of nitrogens with two attached hydrogens (primary N) is 1. The van der Waals surface area contributed by atoms with Crippen molar-refractivity contribution in [3.63, 3.8) is 0 Å². The Morgan fingerprint density at radius 3 is 2.57 bits per heavy atom. The van der Waals surface area contributed by atoms with E-state index in [0.29, 0.717) is 11.3 Å². The van der Waals surface area contributed by atoms with Crippen LogP contribution in [0.3, 0.4) is 0 Å². The van der Waals surface area contributed by atoms with E-state index in [4.69, 9.17) is 21.9 Å². The minimum atomic E-state index is -0.555. The Hall–Kier alpha value is -1.85. The predicted octanol–water partition coefficient (Wildman–Crippen LogP) is 5.15. The fourth-order valence-electron chi connectivity index (χ4n) is 2.10. The molecular formula is C15H9BrClFN2O. The number of nitrogens with zero attached hydrogens (tertiary/aromatic N) is 1. The molecule has 1 aromatic heterocycles. The number of anilines is 1. The van der Waals surface area contributed by atoms with Crippen molar-refractivity contribution in [1.82, 2.24) is 5.16 Å². The second kappa shape index (κ2) is 5.50. The zero-order valence-electron chi connectivity index (χ0n) is 10.6. The summed E-state index contributed by atoms with van der Waals surface area (Å²) in [6.45, 7) is 0. The second-order valence-electron chi connectivity index (χ2n) is 4.35. The lowest BCUT2D eigenvalue weighted by Crippen LogP contribution is -1.91.